The Kier molecular flexibility index (Phi) is 3.94. The van der Waals surface area contributed by atoms with Gasteiger partial charge >= 0.3 is 5.97 Å². The van der Waals surface area contributed by atoms with Gasteiger partial charge in [-0.15, -0.1) is 0 Å². The largest absolute Gasteiger partial charge is 0.482 e. The number of anilines is 1. The van der Waals surface area contributed by atoms with Crippen LogP contribution in [0.5, 0.6) is 5.75 Å². The molecule has 0 amide bonds. The number of aliphatic carboxylic acids is 1. The van der Waals surface area contributed by atoms with E-state index in [4.69, 9.17) is 9.84 Å². The van der Waals surface area contributed by atoms with Crippen LogP contribution < -0.4 is 9.46 Å². The average Bonchev–Trinajstić information content (AvgIpc) is 3.09. The van der Waals surface area contributed by atoms with Crippen molar-refractivity contribution in [3.05, 3.63) is 24.3 Å². The highest BCUT2D eigenvalue weighted by Crippen LogP contribution is 2.30. The lowest BCUT2D eigenvalue weighted by atomic mass is 10.3. The van der Waals surface area contributed by atoms with E-state index in [0.717, 1.165) is 12.8 Å². The van der Waals surface area contributed by atoms with E-state index < -0.39 is 22.6 Å². The third-order valence-electron chi connectivity index (χ3n) is 2.62. The summed E-state index contributed by atoms with van der Waals surface area (Å²) in [5.41, 5.74) is 0.378. The smallest absolute Gasteiger partial charge is 0.341 e. The molecule has 104 valence electrons. The minimum Gasteiger partial charge on any atom is -0.482 e. The first-order valence-corrected chi connectivity index (χ1v) is 7.55. The summed E-state index contributed by atoms with van der Waals surface area (Å²) < 4.78 is 31.0. The molecule has 0 atom stereocenters. The molecule has 0 saturated heterocycles. The van der Waals surface area contributed by atoms with E-state index in [1.54, 1.807) is 18.2 Å². The molecule has 2 rings (SSSR count). The minimum absolute atomic E-state index is 0.132. The SMILES string of the molecule is O=C(O)COc1cccc(NS(=O)(=O)CC2CC2)c1. The van der Waals surface area contributed by atoms with Gasteiger partial charge in [0, 0.05) is 6.07 Å². The molecular formula is C12H15NO5S. The number of rotatable bonds is 7. The molecule has 1 fully saturated rings. The zero-order valence-electron chi connectivity index (χ0n) is 10.2. The zero-order valence-corrected chi connectivity index (χ0v) is 11.0. The number of carboxylic acids is 1. The van der Waals surface area contributed by atoms with Crippen LogP contribution in [0.25, 0.3) is 0 Å². The number of ether oxygens (including phenoxy) is 1. The monoisotopic (exact) mass is 285 g/mol. The van der Waals surface area contributed by atoms with Gasteiger partial charge in [-0.1, -0.05) is 6.07 Å². The van der Waals surface area contributed by atoms with Gasteiger partial charge in [0.1, 0.15) is 5.75 Å². The summed E-state index contributed by atoms with van der Waals surface area (Å²) in [5, 5.41) is 8.50. The Morgan fingerprint density at radius 3 is 2.79 bits per heavy atom. The Morgan fingerprint density at radius 1 is 1.42 bits per heavy atom. The Bertz CT molecular complexity index is 565. The van der Waals surface area contributed by atoms with E-state index in [-0.39, 0.29) is 11.7 Å². The lowest BCUT2D eigenvalue weighted by Gasteiger charge is -2.09. The average molecular weight is 285 g/mol. The molecule has 6 nitrogen and oxygen atoms in total. The first kappa shape index (κ1) is 13.7. The number of hydrogen-bond acceptors (Lipinski definition) is 4. The van der Waals surface area contributed by atoms with Crippen LogP contribution in [0.15, 0.2) is 24.3 Å². The summed E-state index contributed by atoms with van der Waals surface area (Å²) in [7, 11) is -3.34. The number of benzene rings is 1. The van der Waals surface area contributed by atoms with Crippen molar-refractivity contribution >= 4 is 21.7 Å². The van der Waals surface area contributed by atoms with Crippen molar-refractivity contribution < 1.29 is 23.1 Å². The quantitative estimate of drug-likeness (QED) is 0.787. The number of nitrogens with one attached hydrogen (secondary N) is 1. The fraction of sp³-hybridized carbons (Fsp3) is 0.417. The van der Waals surface area contributed by atoms with Gasteiger partial charge in [-0.05, 0) is 30.9 Å². The summed E-state index contributed by atoms with van der Waals surface area (Å²) in [5.74, 6) is -0.370. The molecule has 0 aliphatic heterocycles. The van der Waals surface area contributed by atoms with E-state index in [1.807, 2.05) is 0 Å². The van der Waals surface area contributed by atoms with Gasteiger partial charge < -0.3 is 9.84 Å². The minimum atomic E-state index is -3.34. The number of sulfonamides is 1. The van der Waals surface area contributed by atoms with E-state index in [2.05, 4.69) is 4.72 Å². The van der Waals surface area contributed by atoms with E-state index in [0.29, 0.717) is 11.4 Å². The summed E-state index contributed by atoms with van der Waals surface area (Å²) in [6.45, 7) is -0.460. The predicted molar refractivity (Wildman–Crippen MR) is 69.7 cm³/mol. The van der Waals surface area contributed by atoms with Crippen molar-refractivity contribution in [3.8, 4) is 5.75 Å². The molecule has 2 N–H and O–H groups in total. The molecule has 19 heavy (non-hydrogen) atoms. The highest BCUT2D eigenvalue weighted by molar-refractivity contribution is 7.92. The third kappa shape index (κ3) is 4.78. The molecule has 0 radical (unpaired) electrons. The molecule has 7 heteroatoms. The first-order valence-electron chi connectivity index (χ1n) is 5.90. The normalized spacial score (nSPS) is 14.9. The van der Waals surface area contributed by atoms with Gasteiger partial charge in [0.15, 0.2) is 6.61 Å². The molecule has 0 heterocycles. The van der Waals surface area contributed by atoms with Crippen LogP contribution in [0.3, 0.4) is 0 Å². The molecule has 1 aromatic rings. The second-order valence-electron chi connectivity index (χ2n) is 4.54. The Morgan fingerprint density at radius 2 is 2.16 bits per heavy atom. The van der Waals surface area contributed by atoms with Gasteiger partial charge in [-0.2, -0.15) is 0 Å². The van der Waals surface area contributed by atoms with Crippen molar-refractivity contribution in [2.24, 2.45) is 5.92 Å². The molecule has 1 aliphatic carbocycles. The molecule has 0 spiro atoms. The predicted octanol–water partition coefficient (Wildman–Crippen LogP) is 1.30. The van der Waals surface area contributed by atoms with Gasteiger partial charge in [-0.3, -0.25) is 4.72 Å². The topological polar surface area (TPSA) is 92.7 Å². The standard InChI is InChI=1S/C12H15NO5S/c14-12(15)7-18-11-3-1-2-10(6-11)13-19(16,17)8-9-4-5-9/h1-3,6,9,13H,4-5,7-8H2,(H,14,15). The number of hydrogen-bond donors (Lipinski definition) is 2. The van der Waals surface area contributed by atoms with Crippen LogP contribution in [0.2, 0.25) is 0 Å². The van der Waals surface area contributed by atoms with Crippen molar-refractivity contribution in [1.29, 1.82) is 0 Å². The highest BCUT2D eigenvalue weighted by atomic mass is 32.2. The van der Waals surface area contributed by atoms with Crippen molar-refractivity contribution in [2.45, 2.75) is 12.8 Å². The molecule has 1 aromatic carbocycles. The maximum atomic E-state index is 11.8. The Labute approximate surface area is 111 Å². The summed E-state index contributed by atoms with van der Waals surface area (Å²) in [4.78, 5) is 10.4. The van der Waals surface area contributed by atoms with Crippen molar-refractivity contribution in [1.82, 2.24) is 0 Å². The van der Waals surface area contributed by atoms with Gasteiger partial charge in [0.25, 0.3) is 0 Å². The van der Waals surface area contributed by atoms with E-state index in [9.17, 15) is 13.2 Å². The van der Waals surface area contributed by atoms with Crippen LogP contribution >= 0.6 is 0 Å². The number of carboxylic acid groups (broad SMARTS) is 1. The van der Waals surface area contributed by atoms with Crippen LogP contribution in [0, 0.1) is 5.92 Å². The molecule has 1 aliphatic rings. The van der Waals surface area contributed by atoms with Crippen LogP contribution in [-0.2, 0) is 14.8 Å². The molecule has 0 bridgehead atoms. The maximum Gasteiger partial charge on any atom is 0.341 e. The second kappa shape index (κ2) is 5.48. The zero-order chi connectivity index (χ0) is 13.9. The second-order valence-corrected chi connectivity index (χ2v) is 6.30. The summed E-state index contributed by atoms with van der Waals surface area (Å²) in [6.07, 6.45) is 1.92. The molecular weight excluding hydrogens is 270 g/mol. The third-order valence-corrected chi connectivity index (χ3v) is 4.08. The van der Waals surface area contributed by atoms with Gasteiger partial charge in [-0.25, -0.2) is 13.2 Å². The fourth-order valence-electron chi connectivity index (χ4n) is 1.61. The fourth-order valence-corrected chi connectivity index (χ4v) is 3.13. The number of carbonyl (C=O) groups is 1. The summed E-state index contributed by atoms with van der Waals surface area (Å²) >= 11 is 0. The van der Waals surface area contributed by atoms with E-state index >= 15 is 0 Å². The molecule has 1 saturated carbocycles. The lowest BCUT2D eigenvalue weighted by Crippen LogP contribution is -2.18. The van der Waals surface area contributed by atoms with Gasteiger partial charge in [0.2, 0.25) is 10.0 Å². The summed E-state index contributed by atoms with van der Waals surface area (Å²) in [6, 6.07) is 6.24. The maximum absolute atomic E-state index is 11.8. The first-order chi connectivity index (χ1) is 8.94. The van der Waals surface area contributed by atoms with Crippen LogP contribution in [0.4, 0.5) is 5.69 Å². The van der Waals surface area contributed by atoms with Crippen molar-refractivity contribution in [3.63, 3.8) is 0 Å². The highest BCUT2D eigenvalue weighted by Gasteiger charge is 2.27. The van der Waals surface area contributed by atoms with E-state index in [1.165, 1.54) is 6.07 Å². The Balaban J connectivity index is 1.99. The molecule has 0 aromatic heterocycles. The van der Waals surface area contributed by atoms with Gasteiger partial charge in [0.05, 0.1) is 11.4 Å². The lowest BCUT2D eigenvalue weighted by molar-refractivity contribution is -0.139. The van der Waals surface area contributed by atoms with Crippen LogP contribution in [-0.4, -0.2) is 31.9 Å². The van der Waals surface area contributed by atoms with Crippen molar-refractivity contribution in [2.75, 3.05) is 17.1 Å². The molecule has 0 unspecified atom stereocenters. The van der Waals surface area contributed by atoms with Crippen LogP contribution in [0.1, 0.15) is 12.8 Å². The Hall–Kier alpha value is -1.76.